The van der Waals surface area contributed by atoms with Crippen molar-refractivity contribution in [2.24, 2.45) is 5.92 Å². The van der Waals surface area contributed by atoms with E-state index in [1.807, 2.05) is 68.4 Å². The molecule has 0 bridgehead atoms. The number of carbonyl (C=O) groups is 1. The highest BCUT2D eigenvalue weighted by atomic mass is 32.1. The fourth-order valence-electron chi connectivity index (χ4n) is 3.82. The van der Waals surface area contributed by atoms with Crippen molar-refractivity contribution >= 4 is 43.9 Å². The predicted octanol–water partition coefficient (Wildman–Crippen LogP) is 5.58. The van der Waals surface area contributed by atoms with Crippen molar-refractivity contribution in [1.82, 2.24) is 14.8 Å². The Morgan fingerprint density at radius 2 is 1.67 bits per heavy atom. The van der Waals surface area contributed by atoms with Crippen LogP contribution in [0.1, 0.15) is 24.3 Å². The molecule has 2 aromatic heterocycles. The summed E-state index contributed by atoms with van der Waals surface area (Å²) < 4.78 is 2.48. The lowest BCUT2D eigenvalue weighted by molar-refractivity contribution is 0.102. The Morgan fingerprint density at radius 3 is 2.45 bits per heavy atom. The van der Waals surface area contributed by atoms with Gasteiger partial charge >= 0.3 is 0 Å². The molecule has 3 aromatic carbocycles. The number of nitrogens with zero attached hydrogens (tertiary/aromatic N) is 3. The summed E-state index contributed by atoms with van der Waals surface area (Å²) in [5.74, 6) is -0.149. The van der Waals surface area contributed by atoms with Crippen LogP contribution in [0.2, 0.25) is 0 Å². The molecule has 0 saturated heterocycles. The fraction of sp³-hybridized carbons (Fsp3) is 0.154. The van der Waals surface area contributed by atoms with Gasteiger partial charge in [0.1, 0.15) is 5.01 Å². The van der Waals surface area contributed by atoms with E-state index in [0.717, 1.165) is 20.8 Å². The van der Waals surface area contributed by atoms with Gasteiger partial charge in [-0.05, 0) is 36.2 Å². The Hall–Kier alpha value is -3.84. The second-order valence-electron chi connectivity index (χ2n) is 8.26. The monoisotopic (exact) mass is 454 g/mol. The molecule has 0 radical (unpaired) electrons. The van der Waals surface area contributed by atoms with Gasteiger partial charge < -0.3 is 5.32 Å². The first-order valence-electron chi connectivity index (χ1n) is 10.8. The summed E-state index contributed by atoms with van der Waals surface area (Å²) in [7, 11) is 0. The summed E-state index contributed by atoms with van der Waals surface area (Å²) >= 11 is 1.58. The van der Waals surface area contributed by atoms with Crippen molar-refractivity contribution < 1.29 is 4.79 Å². The summed E-state index contributed by atoms with van der Waals surface area (Å²) in [6.07, 6.45) is 0. The van der Waals surface area contributed by atoms with Crippen LogP contribution in [-0.2, 0) is 6.54 Å². The van der Waals surface area contributed by atoms with Crippen molar-refractivity contribution in [2.45, 2.75) is 20.4 Å². The van der Waals surface area contributed by atoms with Crippen LogP contribution in [0, 0.1) is 5.92 Å². The third kappa shape index (κ3) is 4.03. The van der Waals surface area contributed by atoms with E-state index in [4.69, 9.17) is 4.98 Å². The lowest BCUT2D eigenvalue weighted by Gasteiger charge is -2.13. The van der Waals surface area contributed by atoms with Gasteiger partial charge in [-0.15, -0.1) is 11.3 Å². The lowest BCUT2D eigenvalue weighted by atomic mass is 10.1. The van der Waals surface area contributed by atoms with Crippen LogP contribution in [0.5, 0.6) is 0 Å². The molecule has 5 aromatic rings. The highest BCUT2D eigenvalue weighted by Crippen LogP contribution is 2.34. The minimum Gasteiger partial charge on any atom is -0.320 e. The molecule has 164 valence electrons. The number of anilines is 1. The number of para-hydroxylation sites is 2. The number of benzene rings is 3. The smallest absolute Gasteiger partial charge is 0.276 e. The molecule has 0 aliphatic carbocycles. The summed E-state index contributed by atoms with van der Waals surface area (Å²) in [5, 5.41) is 9.32. The standard InChI is InChI=1S/C26H22N4O2S/c1-16(2)15-30-26(32)18-10-4-3-9-17(18)23(29-30)24(31)27-20-12-6-5-11-19(20)25-28-21-13-7-8-14-22(21)33-25/h3-14,16H,15H2,1-2H3,(H,27,31). The molecular weight excluding hydrogens is 432 g/mol. The van der Waals surface area contributed by atoms with E-state index in [1.54, 1.807) is 29.5 Å². The maximum atomic E-state index is 13.4. The molecule has 0 unspecified atom stereocenters. The first kappa shape index (κ1) is 21.0. The van der Waals surface area contributed by atoms with Crippen molar-refractivity contribution in [3.63, 3.8) is 0 Å². The number of nitrogens with one attached hydrogen (secondary N) is 1. The van der Waals surface area contributed by atoms with Crippen LogP contribution < -0.4 is 10.9 Å². The first-order valence-corrected chi connectivity index (χ1v) is 11.6. The maximum Gasteiger partial charge on any atom is 0.276 e. The largest absolute Gasteiger partial charge is 0.320 e. The molecule has 0 atom stereocenters. The topological polar surface area (TPSA) is 76.9 Å². The highest BCUT2D eigenvalue weighted by Gasteiger charge is 2.19. The van der Waals surface area contributed by atoms with Crippen molar-refractivity contribution in [3.8, 4) is 10.6 Å². The number of fused-ring (bicyclic) bond motifs is 2. The maximum absolute atomic E-state index is 13.4. The molecule has 0 aliphatic heterocycles. The Kier molecular flexibility index (Phi) is 5.48. The van der Waals surface area contributed by atoms with Crippen LogP contribution in [0.3, 0.4) is 0 Å². The number of rotatable bonds is 5. The third-order valence-corrected chi connectivity index (χ3v) is 6.39. The zero-order valence-electron chi connectivity index (χ0n) is 18.3. The second kappa shape index (κ2) is 8.60. The molecule has 0 fully saturated rings. The molecule has 0 saturated carbocycles. The predicted molar refractivity (Wildman–Crippen MR) is 134 cm³/mol. The minimum atomic E-state index is -0.364. The zero-order chi connectivity index (χ0) is 22.9. The molecule has 1 N–H and O–H groups in total. The van der Waals surface area contributed by atoms with Crippen LogP contribution >= 0.6 is 11.3 Å². The Morgan fingerprint density at radius 1 is 0.970 bits per heavy atom. The van der Waals surface area contributed by atoms with Gasteiger partial charge in [0.25, 0.3) is 11.5 Å². The van der Waals surface area contributed by atoms with Gasteiger partial charge in [-0.25, -0.2) is 9.67 Å². The fourth-order valence-corrected chi connectivity index (χ4v) is 4.83. The second-order valence-corrected chi connectivity index (χ2v) is 9.29. The SMILES string of the molecule is CC(C)Cn1nc(C(=O)Nc2ccccc2-c2nc3ccccc3s2)c2ccccc2c1=O. The minimum absolute atomic E-state index is 0.189. The summed E-state index contributed by atoms with van der Waals surface area (Å²) in [4.78, 5) is 31.0. The molecule has 0 aliphatic rings. The van der Waals surface area contributed by atoms with E-state index in [9.17, 15) is 9.59 Å². The molecule has 33 heavy (non-hydrogen) atoms. The van der Waals surface area contributed by atoms with Gasteiger partial charge in [0, 0.05) is 17.5 Å². The van der Waals surface area contributed by atoms with E-state index in [0.29, 0.717) is 23.0 Å². The van der Waals surface area contributed by atoms with Gasteiger partial charge in [0.05, 0.1) is 21.3 Å². The number of aromatic nitrogens is 3. The van der Waals surface area contributed by atoms with E-state index < -0.39 is 0 Å². The molecule has 0 spiro atoms. The average Bonchev–Trinajstić information content (AvgIpc) is 3.25. The third-order valence-electron chi connectivity index (χ3n) is 5.32. The van der Waals surface area contributed by atoms with Crippen molar-refractivity contribution in [3.05, 3.63) is 88.8 Å². The number of thiazole rings is 1. The Labute approximate surface area is 194 Å². The van der Waals surface area contributed by atoms with Gasteiger partial charge in [0.15, 0.2) is 5.69 Å². The number of amides is 1. The van der Waals surface area contributed by atoms with Gasteiger partial charge in [-0.2, -0.15) is 5.10 Å². The Bertz CT molecular complexity index is 1520. The number of carbonyl (C=O) groups excluding carboxylic acids is 1. The highest BCUT2D eigenvalue weighted by molar-refractivity contribution is 7.21. The summed E-state index contributed by atoms with van der Waals surface area (Å²) in [6.45, 7) is 4.46. The number of hydrogen-bond donors (Lipinski definition) is 1. The molecule has 2 heterocycles. The quantitative estimate of drug-likeness (QED) is 0.376. The molecule has 5 rings (SSSR count). The van der Waals surface area contributed by atoms with E-state index in [1.165, 1.54) is 4.68 Å². The van der Waals surface area contributed by atoms with Crippen LogP contribution in [0.15, 0.2) is 77.6 Å². The van der Waals surface area contributed by atoms with Gasteiger partial charge in [-0.3, -0.25) is 9.59 Å². The zero-order valence-corrected chi connectivity index (χ0v) is 19.1. The van der Waals surface area contributed by atoms with Gasteiger partial charge in [-0.1, -0.05) is 56.3 Å². The van der Waals surface area contributed by atoms with Gasteiger partial charge in [0.2, 0.25) is 0 Å². The Balaban J connectivity index is 1.57. The van der Waals surface area contributed by atoms with Crippen molar-refractivity contribution in [2.75, 3.05) is 5.32 Å². The normalized spacial score (nSPS) is 11.4. The molecule has 7 heteroatoms. The average molecular weight is 455 g/mol. The molecule has 6 nitrogen and oxygen atoms in total. The summed E-state index contributed by atoms with van der Waals surface area (Å²) in [6, 6.07) is 22.7. The van der Waals surface area contributed by atoms with Crippen LogP contribution in [0.25, 0.3) is 31.6 Å². The van der Waals surface area contributed by atoms with Crippen LogP contribution in [0.4, 0.5) is 5.69 Å². The van der Waals surface area contributed by atoms with E-state index in [-0.39, 0.29) is 23.1 Å². The van der Waals surface area contributed by atoms with E-state index >= 15 is 0 Å². The summed E-state index contributed by atoms with van der Waals surface area (Å²) in [5.41, 5.74) is 2.45. The molecular formula is C26H22N4O2S. The number of hydrogen-bond acceptors (Lipinski definition) is 5. The van der Waals surface area contributed by atoms with Crippen LogP contribution in [-0.4, -0.2) is 20.7 Å². The van der Waals surface area contributed by atoms with Crippen molar-refractivity contribution in [1.29, 1.82) is 0 Å². The molecule has 1 amide bonds. The first-order chi connectivity index (χ1) is 16.0. The van der Waals surface area contributed by atoms with E-state index in [2.05, 4.69) is 10.4 Å². The lowest BCUT2D eigenvalue weighted by Crippen LogP contribution is -2.29.